The van der Waals surface area contributed by atoms with Gasteiger partial charge in [0, 0.05) is 20.1 Å². The van der Waals surface area contributed by atoms with Gasteiger partial charge in [0.2, 0.25) is 0 Å². The summed E-state index contributed by atoms with van der Waals surface area (Å²) in [5, 5.41) is 39.0. The molecule has 0 radical (unpaired) electrons. The van der Waals surface area contributed by atoms with Crippen molar-refractivity contribution in [1.29, 1.82) is 0 Å². The third kappa shape index (κ3) is 76.7. The Hall–Kier alpha value is -1.67. The molecule has 102 valence electrons. The summed E-state index contributed by atoms with van der Waals surface area (Å²) < 4.78 is 0. The molecule has 0 rings (SSSR count). The van der Waals surface area contributed by atoms with Crippen LogP contribution in [0.4, 0.5) is 0 Å². The van der Waals surface area contributed by atoms with Crippen LogP contribution in [0.3, 0.4) is 0 Å². The average Bonchev–Trinajstić information content (AvgIpc) is 2.16. The Morgan fingerprint density at radius 2 is 1.06 bits per heavy atom. The zero-order valence-corrected chi connectivity index (χ0v) is 9.50. The maximum atomic E-state index is 9.64. The molecule has 0 amide bonds. The average molecular weight is 254 g/mol. The van der Waals surface area contributed by atoms with Crippen LogP contribution in [-0.4, -0.2) is 56.7 Å². The van der Waals surface area contributed by atoms with Gasteiger partial charge in [0.05, 0.1) is 12.8 Å². The lowest BCUT2D eigenvalue weighted by atomic mass is 10.3. The van der Waals surface area contributed by atoms with E-state index in [1.807, 2.05) is 0 Å². The predicted octanol–water partition coefficient (Wildman–Crippen LogP) is -0.612. The highest BCUT2D eigenvalue weighted by Crippen LogP contribution is 1.86. The SMILES string of the molecule is CC(=O)O.O=C(O)CCC(=O)O.OCCCO. The molecule has 0 saturated carbocycles. The van der Waals surface area contributed by atoms with Gasteiger partial charge >= 0.3 is 11.9 Å². The first-order valence-corrected chi connectivity index (χ1v) is 4.62. The van der Waals surface area contributed by atoms with Crippen molar-refractivity contribution in [3.8, 4) is 0 Å². The molecular weight excluding hydrogens is 236 g/mol. The number of carboxylic acids is 3. The molecule has 17 heavy (non-hydrogen) atoms. The molecule has 0 unspecified atom stereocenters. The number of rotatable bonds is 5. The zero-order chi connectivity index (χ0) is 14.3. The molecular formula is C9H18O8. The van der Waals surface area contributed by atoms with E-state index in [4.69, 9.17) is 30.3 Å². The third-order valence-corrected chi connectivity index (χ3v) is 0.869. The topological polar surface area (TPSA) is 152 Å². The fourth-order valence-corrected chi connectivity index (χ4v) is 0.285. The van der Waals surface area contributed by atoms with Gasteiger partial charge in [-0.3, -0.25) is 14.4 Å². The van der Waals surface area contributed by atoms with Crippen molar-refractivity contribution in [2.45, 2.75) is 26.2 Å². The lowest BCUT2D eigenvalue weighted by molar-refractivity contribution is -0.143. The second kappa shape index (κ2) is 16.7. The Labute approximate surface area is 98.1 Å². The lowest BCUT2D eigenvalue weighted by Crippen LogP contribution is -2.00. The molecule has 0 spiro atoms. The summed E-state index contributed by atoms with van der Waals surface area (Å²) in [6, 6.07) is 0. The van der Waals surface area contributed by atoms with Crippen molar-refractivity contribution in [3.63, 3.8) is 0 Å². The molecule has 0 aliphatic heterocycles. The summed E-state index contributed by atoms with van der Waals surface area (Å²) in [4.78, 5) is 28.3. The summed E-state index contributed by atoms with van der Waals surface area (Å²) in [6.07, 6.45) is -0.0926. The van der Waals surface area contributed by atoms with E-state index in [1.54, 1.807) is 0 Å². The quantitative estimate of drug-likeness (QED) is 0.435. The van der Waals surface area contributed by atoms with Crippen LogP contribution in [-0.2, 0) is 14.4 Å². The van der Waals surface area contributed by atoms with Gasteiger partial charge in [0.1, 0.15) is 0 Å². The first kappa shape index (κ1) is 20.7. The zero-order valence-electron chi connectivity index (χ0n) is 9.50. The highest BCUT2D eigenvalue weighted by Gasteiger charge is 2.00. The number of aliphatic hydroxyl groups is 2. The molecule has 0 fully saturated rings. The summed E-state index contributed by atoms with van der Waals surface area (Å²) in [7, 11) is 0. The highest BCUT2D eigenvalue weighted by atomic mass is 16.4. The highest BCUT2D eigenvalue weighted by molar-refractivity contribution is 5.75. The molecule has 5 N–H and O–H groups in total. The van der Waals surface area contributed by atoms with E-state index in [0.717, 1.165) is 6.92 Å². The molecule has 0 aromatic heterocycles. The molecule has 8 heteroatoms. The number of carbonyl (C=O) groups is 3. The smallest absolute Gasteiger partial charge is 0.303 e. The lowest BCUT2D eigenvalue weighted by Gasteiger charge is -1.85. The Morgan fingerprint density at radius 1 is 0.824 bits per heavy atom. The van der Waals surface area contributed by atoms with E-state index < -0.39 is 17.9 Å². The van der Waals surface area contributed by atoms with E-state index in [9.17, 15) is 9.59 Å². The maximum Gasteiger partial charge on any atom is 0.303 e. The van der Waals surface area contributed by atoms with Gasteiger partial charge < -0.3 is 25.5 Å². The standard InChI is InChI=1S/C4H6O4.C3H8O2.C2H4O2/c5-3(6)1-2-4(7)8;4-2-1-3-5;1-2(3)4/h1-2H2,(H,5,6)(H,7,8);4-5H,1-3H2;1H3,(H,3,4). The number of aliphatic carboxylic acids is 3. The monoisotopic (exact) mass is 254 g/mol. The number of carboxylic acid groups (broad SMARTS) is 3. The second-order valence-electron chi connectivity index (χ2n) is 2.61. The Morgan fingerprint density at radius 3 is 1.12 bits per heavy atom. The van der Waals surface area contributed by atoms with E-state index in [0.29, 0.717) is 6.42 Å². The van der Waals surface area contributed by atoms with Crippen LogP contribution in [0.1, 0.15) is 26.2 Å². The molecule has 0 atom stereocenters. The number of aliphatic hydroxyl groups excluding tert-OH is 2. The molecule has 0 aromatic rings. The predicted molar refractivity (Wildman–Crippen MR) is 56.6 cm³/mol. The van der Waals surface area contributed by atoms with E-state index in [-0.39, 0.29) is 26.1 Å². The van der Waals surface area contributed by atoms with Gasteiger partial charge in [-0.15, -0.1) is 0 Å². The van der Waals surface area contributed by atoms with Crippen molar-refractivity contribution in [2.24, 2.45) is 0 Å². The minimum absolute atomic E-state index is 0.0938. The van der Waals surface area contributed by atoms with Crippen LogP contribution >= 0.6 is 0 Å². The van der Waals surface area contributed by atoms with Gasteiger partial charge in [-0.1, -0.05) is 0 Å². The fourth-order valence-electron chi connectivity index (χ4n) is 0.285. The van der Waals surface area contributed by atoms with Crippen molar-refractivity contribution in [1.82, 2.24) is 0 Å². The summed E-state index contributed by atoms with van der Waals surface area (Å²) in [6.45, 7) is 1.27. The van der Waals surface area contributed by atoms with Crippen molar-refractivity contribution in [2.75, 3.05) is 13.2 Å². The number of hydrogen-bond acceptors (Lipinski definition) is 5. The first-order chi connectivity index (χ1) is 7.77. The molecule has 0 bridgehead atoms. The van der Waals surface area contributed by atoms with Crippen LogP contribution in [0, 0.1) is 0 Å². The third-order valence-electron chi connectivity index (χ3n) is 0.869. The summed E-state index contributed by atoms with van der Waals surface area (Å²) in [5.74, 6) is -2.99. The second-order valence-corrected chi connectivity index (χ2v) is 2.61. The first-order valence-electron chi connectivity index (χ1n) is 4.62. The molecule has 8 nitrogen and oxygen atoms in total. The molecule has 0 saturated heterocycles. The van der Waals surface area contributed by atoms with Crippen LogP contribution in [0.2, 0.25) is 0 Å². The van der Waals surface area contributed by atoms with Gasteiger partial charge in [-0.2, -0.15) is 0 Å². The number of hydrogen-bond donors (Lipinski definition) is 5. The molecule has 0 aliphatic carbocycles. The largest absolute Gasteiger partial charge is 0.481 e. The van der Waals surface area contributed by atoms with Crippen LogP contribution in [0.5, 0.6) is 0 Å². The van der Waals surface area contributed by atoms with Gasteiger partial charge in [-0.05, 0) is 6.42 Å². The summed E-state index contributed by atoms with van der Waals surface area (Å²) >= 11 is 0. The van der Waals surface area contributed by atoms with E-state index in [1.165, 1.54) is 0 Å². The Bertz CT molecular complexity index is 193. The van der Waals surface area contributed by atoms with Gasteiger partial charge in [0.15, 0.2) is 0 Å². The fraction of sp³-hybridized carbons (Fsp3) is 0.667. The van der Waals surface area contributed by atoms with E-state index in [2.05, 4.69) is 0 Å². The van der Waals surface area contributed by atoms with Crippen molar-refractivity contribution in [3.05, 3.63) is 0 Å². The van der Waals surface area contributed by atoms with Gasteiger partial charge in [0.25, 0.3) is 5.97 Å². The summed E-state index contributed by atoms with van der Waals surface area (Å²) in [5.41, 5.74) is 0. The van der Waals surface area contributed by atoms with E-state index >= 15 is 0 Å². The van der Waals surface area contributed by atoms with Crippen LogP contribution < -0.4 is 0 Å². The van der Waals surface area contributed by atoms with Gasteiger partial charge in [-0.25, -0.2) is 0 Å². The Kier molecular flexibility index (Phi) is 20.4. The van der Waals surface area contributed by atoms with Crippen molar-refractivity contribution < 1.29 is 39.9 Å². The Balaban J connectivity index is -0.000000188. The normalized spacial score (nSPS) is 7.94. The molecule has 0 aliphatic rings. The molecule has 0 heterocycles. The molecule has 0 aromatic carbocycles. The van der Waals surface area contributed by atoms with Crippen molar-refractivity contribution >= 4 is 17.9 Å². The minimum Gasteiger partial charge on any atom is -0.481 e. The maximum absolute atomic E-state index is 9.64. The van der Waals surface area contributed by atoms with Crippen LogP contribution in [0.15, 0.2) is 0 Å². The van der Waals surface area contributed by atoms with Crippen LogP contribution in [0.25, 0.3) is 0 Å². The minimum atomic E-state index is -1.08.